The fourth-order valence-electron chi connectivity index (χ4n) is 0.685. The molecule has 0 aliphatic carbocycles. The number of methoxy groups -OCH3 is 1. The van der Waals surface area contributed by atoms with E-state index in [2.05, 4.69) is 20.3 Å². The Balaban J connectivity index is 2.67. The predicted octanol–water partition coefficient (Wildman–Crippen LogP) is -0.620. The SMILES string of the molecule is COCc1ncnc(NCO)n1. The Labute approximate surface area is 69.6 Å². The van der Waals surface area contributed by atoms with Gasteiger partial charge >= 0.3 is 0 Å². The topological polar surface area (TPSA) is 80.2 Å². The monoisotopic (exact) mass is 170 g/mol. The Morgan fingerprint density at radius 3 is 3.08 bits per heavy atom. The van der Waals surface area contributed by atoms with Gasteiger partial charge in [0.1, 0.15) is 19.7 Å². The van der Waals surface area contributed by atoms with Crippen molar-refractivity contribution in [3.8, 4) is 0 Å². The molecular formula is C6H10N4O2. The minimum absolute atomic E-state index is 0.198. The van der Waals surface area contributed by atoms with Crippen molar-refractivity contribution < 1.29 is 9.84 Å². The Bertz CT molecular complexity index is 221. The summed E-state index contributed by atoms with van der Waals surface area (Å²) in [7, 11) is 1.56. The molecule has 1 heterocycles. The van der Waals surface area contributed by atoms with E-state index in [1.165, 1.54) is 6.33 Å². The van der Waals surface area contributed by atoms with Gasteiger partial charge in [-0.1, -0.05) is 0 Å². The molecule has 0 saturated carbocycles. The van der Waals surface area contributed by atoms with E-state index < -0.39 is 0 Å². The summed E-state index contributed by atoms with van der Waals surface area (Å²) in [6.07, 6.45) is 1.36. The molecule has 1 aromatic heterocycles. The van der Waals surface area contributed by atoms with Crippen LogP contribution in [0.15, 0.2) is 6.33 Å². The van der Waals surface area contributed by atoms with Crippen LogP contribution in [0.3, 0.4) is 0 Å². The number of ether oxygens (including phenoxy) is 1. The van der Waals surface area contributed by atoms with E-state index in [4.69, 9.17) is 9.84 Å². The molecule has 0 amide bonds. The highest BCUT2D eigenvalue weighted by Crippen LogP contribution is 1.96. The van der Waals surface area contributed by atoms with Crippen molar-refractivity contribution in [2.45, 2.75) is 6.61 Å². The molecule has 0 radical (unpaired) electrons. The maximum Gasteiger partial charge on any atom is 0.227 e. The lowest BCUT2D eigenvalue weighted by atomic mass is 10.6. The second kappa shape index (κ2) is 4.58. The summed E-state index contributed by atoms with van der Waals surface area (Å²) in [4.78, 5) is 11.5. The van der Waals surface area contributed by atoms with Crippen molar-refractivity contribution in [3.63, 3.8) is 0 Å². The summed E-state index contributed by atoms with van der Waals surface area (Å²) >= 11 is 0. The Kier molecular flexibility index (Phi) is 3.36. The van der Waals surface area contributed by atoms with Gasteiger partial charge in [-0.15, -0.1) is 0 Å². The standard InChI is InChI=1S/C6H10N4O2/c1-12-2-5-7-3-8-6(10-5)9-4-11/h3,11H,2,4H2,1H3,(H,7,8,9,10). The first kappa shape index (κ1) is 8.82. The highest BCUT2D eigenvalue weighted by atomic mass is 16.5. The second-order valence-electron chi connectivity index (χ2n) is 1.99. The number of rotatable bonds is 4. The highest BCUT2D eigenvalue weighted by Gasteiger charge is 1.97. The van der Waals surface area contributed by atoms with Gasteiger partial charge in [-0.3, -0.25) is 0 Å². The van der Waals surface area contributed by atoms with Crippen LogP contribution < -0.4 is 5.32 Å². The summed E-state index contributed by atoms with van der Waals surface area (Å²) in [5, 5.41) is 11.0. The summed E-state index contributed by atoms with van der Waals surface area (Å²) in [5.41, 5.74) is 0. The summed E-state index contributed by atoms with van der Waals surface area (Å²) in [5.74, 6) is 0.878. The molecular weight excluding hydrogens is 160 g/mol. The van der Waals surface area contributed by atoms with E-state index in [1.54, 1.807) is 7.11 Å². The zero-order valence-corrected chi connectivity index (χ0v) is 6.69. The molecule has 0 atom stereocenters. The highest BCUT2D eigenvalue weighted by molar-refractivity contribution is 5.20. The van der Waals surface area contributed by atoms with Gasteiger partial charge in [-0.25, -0.2) is 9.97 Å². The van der Waals surface area contributed by atoms with E-state index in [-0.39, 0.29) is 6.73 Å². The molecule has 6 heteroatoms. The lowest BCUT2D eigenvalue weighted by molar-refractivity contribution is 0.177. The number of hydrogen-bond acceptors (Lipinski definition) is 6. The van der Waals surface area contributed by atoms with E-state index in [9.17, 15) is 0 Å². The van der Waals surface area contributed by atoms with Crippen LogP contribution in [0.4, 0.5) is 5.95 Å². The van der Waals surface area contributed by atoms with Crippen LogP contribution in [0.25, 0.3) is 0 Å². The molecule has 0 aliphatic heterocycles. The number of anilines is 1. The third-order valence-electron chi connectivity index (χ3n) is 1.13. The molecule has 0 spiro atoms. The smallest absolute Gasteiger partial charge is 0.227 e. The molecule has 0 unspecified atom stereocenters. The summed E-state index contributed by atoms with van der Waals surface area (Å²) in [6, 6.07) is 0. The van der Waals surface area contributed by atoms with Crippen molar-refractivity contribution in [2.24, 2.45) is 0 Å². The molecule has 0 bridgehead atoms. The van der Waals surface area contributed by atoms with E-state index in [0.29, 0.717) is 18.4 Å². The first-order chi connectivity index (χ1) is 5.86. The molecule has 12 heavy (non-hydrogen) atoms. The van der Waals surface area contributed by atoms with Gasteiger partial charge in [0, 0.05) is 7.11 Å². The zero-order valence-electron chi connectivity index (χ0n) is 6.69. The van der Waals surface area contributed by atoms with Crippen LogP contribution in [0.2, 0.25) is 0 Å². The van der Waals surface area contributed by atoms with Gasteiger partial charge in [-0.05, 0) is 0 Å². The van der Waals surface area contributed by atoms with E-state index >= 15 is 0 Å². The van der Waals surface area contributed by atoms with Crippen LogP contribution >= 0.6 is 0 Å². The van der Waals surface area contributed by atoms with Gasteiger partial charge in [0.2, 0.25) is 5.95 Å². The van der Waals surface area contributed by atoms with Gasteiger partial charge < -0.3 is 15.2 Å². The quantitative estimate of drug-likeness (QED) is 0.586. The first-order valence-electron chi connectivity index (χ1n) is 3.38. The Hall–Kier alpha value is -1.27. The first-order valence-corrected chi connectivity index (χ1v) is 3.38. The average Bonchev–Trinajstić information content (AvgIpc) is 2.06. The molecule has 0 fully saturated rings. The van der Waals surface area contributed by atoms with Crippen LogP contribution in [-0.2, 0) is 11.3 Å². The van der Waals surface area contributed by atoms with Crippen LogP contribution in [-0.4, -0.2) is 33.9 Å². The third kappa shape index (κ3) is 2.40. The largest absolute Gasteiger partial charge is 0.377 e. The molecule has 0 aliphatic rings. The number of nitrogens with one attached hydrogen (secondary N) is 1. The minimum Gasteiger partial charge on any atom is -0.377 e. The number of hydrogen-bond donors (Lipinski definition) is 2. The number of aliphatic hydroxyl groups is 1. The van der Waals surface area contributed by atoms with Gasteiger partial charge in [0.05, 0.1) is 0 Å². The van der Waals surface area contributed by atoms with Crippen LogP contribution in [0, 0.1) is 0 Å². The third-order valence-corrected chi connectivity index (χ3v) is 1.13. The van der Waals surface area contributed by atoms with Gasteiger partial charge in [-0.2, -0.15) is 4.98 Å². The molecule has 1 rings (SSSR count). The maximum atomic E-state index is 8.50. The predicted molar refractivity (Wildman–Crippen MR) is 41.2 cm³/mol. The Morgan fingerprint density at radius 2 is 2.42 bits per heavy atom. The normalized spacial score (nSPS) is 9.83. The average molecular weight is 170 g/mol. The van der Waals surface area contributed by atoms with Crippen LogP contribution in [0.1, 0.15) is 5.82 Å². The second-order valence-corrected chi connectivity index (χ2v) is 1.99. The Morgan fingerprint density at radius 1 is 1.58 bits per heavy atom. The lowest BCUT2D eigenvalue weighted by Crippen LogP contribution is -2.07. The summed E-state index contributed by atoms with van der Waals surface area (Å²) in [6.45, 7) is 0.138. The molecule has 6 nitrogen and oxygen atoms in total. The number of aliphatic hydroxyl groups excluding tert-OH is 1. The van der Waals surface area contributed by atoms with Crippen molar-refractivity contribution in [1.82, 2.24) is 15.0 Å². The van der Waals surface area contributed by atoms with E-state index in [0.717, 1.165) is 0 Å². The van der Waals surface area contributed by atoms with Crippen LogP contribution in [0.5, 0.6) is 0 Å². The molecule has 2 N–H and O–H groups in total. The van der Waals surface area contributed by atoms with E-state index in [1.807, 2.05) is 0 Å². The van der Waals surface area contributed by atoms with Crippen molar-refractivity contribution in [3.05, 3.63) is 12.2 Å². The molecule has 1 aromatic rings. The molecule has 0 aromatic carbocycles. The fraction of sp³-hybridized carbons (Fsp3) is 0.500. The molecule has 66 valence electrons. The maximum absolute atomic E-state index is 8.50. The van der Waals surface area contributed by atoms with Gasteiger partial charge in [0.15, 0.2) is 5.82 Å². The van der Waals surface area contributed by atoms with Crippen molar-refractivity contribution in [2.75, 3.05) is 19.2 Å². The fourth-order valence-corrected chi connectivity index (χ4v) is 0.685. The summed E-state index contributed by atoms with van der Waals surface area (Å²) < 4.78 is 4.82. The molecule has 0 saturated heterocycles. The lowest BCUT2D eigenvalue weighted by Gasteiger charge is -2.01. The zero-order chi connectivity index (χ0) is 8.81. The minimum atomic E-state index is -0.198. The van der Waals surface area contributed by atoms with Crippen molar-refractivity contribution >= 4 is 5.95 Å². The van der Waals surface area contributed by atoms with Gasteiger partial charge in [0.25, 0.3) is 0 Å². The number of nitrogens with zero attached hydrogens (tertiary/aromatic N) is 3. The van der Waals surface area contributed by atoms with Crippen molar-refractivity contribution in [1.29, 1.82) is 0 Å². The number of aromatic nitrogens is 3.